The molecule has 1 amide bonds. The molecule has 3 aromatic rings. The molecule has 0 unspecified atom stereocenters. The Morgan fingerprint density at radius 1 is 0.903 bits per heavy atom. The SMILES string of the molecule is COc1ccc([C@@H]2[C@@H](/C=C/c3ccccc3)C(=O)N2S(=O)(=O)c2ccc(C)cc2)cc1. The van der Waals surface area contributed by atoms with Crippen LogP contribution >= 0.6 is 0 Å². The Balaban J connectivity index is 1.72. The van der Waals surface area contributed by atoms with Crippen LogP contribution in [0.4, 0.5) is 0 Å². The van der Waals surface area contributed by atoms with Crippen LogP contribution in [0.25, 0.3) is 6.08 Å². The quantitative estimate of drug-likeness (QED) is 0.533. The third kappa shape index (κ3) is 3.99. The van der Waals surface area contributed by atoms with Gasteiger partial charge in [0, 0.05) is 0 Å². The van der Waals surface area contributed by atoms with Gasteiger partial charge in [0.05, 0.1) is 24.0 Å². The summed E-state index contributed by atoms with van der Waals surface area (Å²) in [5.41, 5.74) is 2.63. The smallest absolute Gasteiger partial charge is 0.267 e. The second kappa shape index (κ2) is 8.40. The molecular formula is C25H23NO4S. The van der Waals surface area contributed by atoms with Crippen LogP contribution in [0.15, 0.2) is 89.8 Å². The third-order valence-corrected chi connectivity index (χ3v) is 7.22. The average Bonchev–Trinajstić information content (AvgIpc) is 2.78. The molecule has 1 heterocycles. The van der Waals surface area contributed by atoms with Crippen molar-refractivity contribution >= 4 is 22.0 Å². The van der Waals surface area contributed by atoms with Crippen molar-refractivity contribution in [3.63, 3.8) is 0 Å². The number of benzene rings is 3. The van der Waals surface area contributed by atoms with Gasteiger partial charge in [-0.1, -0.05) is 72.3 Å². The normalized spacial score (nSPS) is 18.8. The van der Waals surface area contributed by atoms with E-state index in [1.165, 1.54) is 12.1 Å². The first-order valence-electron chi connectivity index (χ1n) is 9.94. The number of hydrogen-bond donors (Lipinski definition) is 0. The molecular weight excluding hydrogens is 410 g/mol. The maximum atomic E-state index is 13.3. The maximum absolute atomic E-state index is 13.3. The molecule has 1 aliphatic rings. The molecule has 31 heavy (non-hydrogen) atoms. The summed E-state index contributed by atoms with van der Waals surface area (Å²) in [5, 5.41) is 0. The zero-order valence-corrected chi connectivity index (χ0v) is 18.1. The molecule has 0 aromatic heterocycles. The van der Waals surface area contributed by atoms with Gasteiger partial charge in [0.25, 0.3) is 10.0 Å². The number of aryl methyl sites for hydroxylation is 1. The summed E-state index contributed by atoms with van der Waals surface area (Å²) in [5.74, 6) is -0.346. The summed E-state index contributed by atoms with van der Waals surface area (Å²) in [4.78, 5) is 13.2. The van der Waals surface area contributed by atoms with Crippen LogP contribution < -0.4 is 4.74 Å². The molecule has 6 heteroatoms. The Hall–Kier alpha value is -3.38. The second-order valence-electron chi connectivity index (χ2n) is 7.47. The minimum atomic E-state index is -3.98. The van der Waals surface area contributed by atoms with Gasteiger partial charge < -0.3 is 4.74 Å². The van der Waals surface area contributed by atoms with E-state index in [4.69, 9.17) is 4.74 Å². The Labute approximate surface area is 182 Å². The molecule has 1 aliphatic heterocycles. The predicted octanol–water partition coefficient (Wildman–Crippen LogP) is 4.61. The summed E-state index contributed by atoms with van der Waals surface area (Å²) in [6.07, 6.45) is 3.64. The lowest BCUT2D eigenvalue weighted by atomic mass is 9.84. The molecule has 5 nitrogen and oxygen atoms in total. The van der Waals surface area contributed by atoms with Crippen LogP contribution in [0.5, 0.6) is 5.75 Å². The number of β-lactam (4-membered cyclic amide) rings is 1. The molecule has 4 rings (SSSR count). The van der Waals surface area contributed by atoms with Crippen LogP contribution in [0.2, 0.25) is 0 Å². The number of methoxy groups -OCH3 is 1. The van der Waals surface area contributed by atoms with Crippen LogP contribution in [0.3, 0.4) is 0 Å². The largest absolute Gasteiger partial charge is 0.497 e. The van der Waals surface area contributed by atoms with Crippen LogP contribution in [-0.4, -0.2) is 25.7 Å². The summed E-state index contributed by atoms with van der Waals surface area (Å²) < 4.78 is 32.9. The Bertz CT molecular complexity index is 1200. The zero-order chi connectivity index (χ0) is 22.0. The molecule has 3 aromatic carbocycles. The van der Waals surface area contributed by atoms with Gasteiger partial charge >= 0.3 is 0 Å². The van der Waals surface area contributed by atoms with Crippen molar-refractivity contribution in [3.05, 3.63) is 102 Å². The molecule has 1 fully saturated rings. The minimum absolute atomic E-state index is 0.107. The standard InChI is InChI=1S/C25H23NO4S/c1-18-8-15-22(16-9-18)31(28,29)26-24(20-11-13-21(30-2)14-12-20)23(25(26)27)17-10-19-6-4-3-5-7-19/h3-17,23-24H,1-2H3/b17-10+/t23-,24-/m1/s1. The first kappa shape index (κ1) is 20.9. The summed E-state index contributed by atoms with van der Waals surface area (Å²) in [6.45, 7) is 1.88. The van der Waals surface area contributed by atoms with Gasteiger partial charge in [0.2, 0.25) is 5.91 Å². The Kier molecular flexibility index (Phi) is 5.65. The molecule has 0 N–H and O–H groups in total. The number of carbonyl (C=O) groups excluding carboxylic acids is 1. The first-order chi connectivity index (χ1) is 14.9. The lowest BCUT2D eigenvalue weighted by Crippen LogP contribution is -2.56. The van der Waals surface area contributed by atoms with Crippen molar-refractivity contribution in [2.24, 2.45) is 5.92 Å². The number of rotatable bonds is 6. The number of hydrogen-bond acceptors (Lipinski definition) is 4. The molecule has 1 saturated heterocycles. The van der Waals surface area contributed by atoms with Gasteiger partial charge in [-0.25, -0.2) is 12.7 Å². The van der Waals surface area contributed by atoms with Crippen molar-refractivity contribution in [1.82, 2.24) is 4.31 Å². The van der Waals surface area contributed by atoms with Crippen LogP contribution in [0.1, 0.15) is 22.7 Å². The van der Waals surface area contributed by atoms with E-state index in [0.29, 0.717) is 5.75 Å². The summed E-state index contributed by atoms with van der Waals surface area (Å²) in [7, 11) is -2.41. The first-order valence-corrected chi connectivity index (χ1v) is 11.4. The van der Waals surface area contributed by atoms with Gasteiger partial charge in [-0.05, 0) is 42.3 Å². The van der Waals surface area contributed by atoms with Crippen molar-refractivity contribution in [1.29, 1.82) is 0 Å². The van der Waals surface area contributed by atoms with E-state index in [1.54, 1.807) is 49.6 Å². The molecule has 0 saturated carbocycles. The minimum Gasteiger partial charge on any atom is -0.497 e. The van der Waals surface area contributed by atoms with Crippen molar-refractivity contribution in [2.75, 3.05) is 7.11 Å². The summed E-state index contributed by atoms with van der Waals surface area (Å²) in [6, 6.07) is 22.7. The molecule has 0 aliphatic carbocycles. The highest BCUT2D eigenvalue weighted by atomic mass is 32.2. The molecule has 158 valence electrons. The monoisotopic (exact) mass is 433 g/mol. The fourth-order valence-corrected chi connectivity index (χ4v) is 5.30. The third-order valence-electron chi connectivity index (χ3n) is 5.43. The zero-order valence-electron chi connectivity index (χ0n) is 17.3. The molecule has 0 radical (unpaired) electrons. The highest BCUT2D eigenvalue weighted by Crippen LogP contribution is 2.45. The van der Waals surface area contributed by atoms with Crippen molar-refractivity contribution < 1.29 is 17.9 Å². The predicted molar refractivity (Wildman–Crippen MR) is 120 cm³/mol. The average molecular weight is 434 g/mol. The fourth-order valence-electron chi connectivity index (χ4n) is 3.68. The molecule has 2 atom stereocenters. The van der Waals surface area contributed by atoms with Crippen molar-refractivity contribution in [3.8, 4) is 5.75 Å². The van der Waals surface area contributed by atoms with E-state index in [1.807, 2.05) is 43.3 Å². The van der Waals surface area contributed by atoms with E-state index in [-0.39, 0.29) is 4.90 Å². The van der Waals surface area contributed by atoms with Gasteiger partial charge in [0.15, 0.2) is 0 Å². The van der Waals surface area contributed by atoms with Gasteiger partial charge in [-0.2, -0.15) is 0 Å². The highest BCUT2D eigenvalue weighted by Gasteiger charge is 2.53. The Morgan fingerprint density at radius 3 is 2.16 bits per heavy atom. The van der Waals surface area contributed by atoms with E-state index < -0.39 is 27.9 Å². The lowest BCUT2D eigenvalue weighted by Gasteiger charge is -2.45. The number of nitrogens with zero attached hydrogens (tertiary/aromatic N) is 1. The Morgan fingerprint density at radius 2 is 1.55 bits per heavy atom. The topological polar surface area (TPSA) is 63.7 Å². The van der Waals surface area contributed by atoms with Gasteiger partial charge in [-0.15, -0.1) is 0 Å². The number of amides is 1. The van der Waals surface area contributed by atoms with E-state index in [2.05, 4.69) is 0 Å². The van der Waals surface area contributed by atoms with E-state index >= 15 is 0 Å². The lowest BCUT2D eigenvalue weighted by molar-refractivity contribution is -0.143. The van der Waals surface area contributed by atoms with Gasteiger partial charge in [-0.3, -0.25) is 4.79 Å². The number of sulfonamides is 1. The summed E-state index contributed by atoms with van der Waals surface area (Å²) >= 11 is 0. The molecule has 0 spiro atoms. The molecule has 0 bridgehead atoms. The van der Waals surface area contributed by atoms with Crippen LogP contribution in [0, 0.1) is 12.8 Å². The number of ether oxygens (including phenoxy) is 1. The van der Waals surface area contributed by atoms with Crippen molar-refractivity contribution in [2.45, 2.75) is 17.9 Å². The second-order valence-corrected chi connectivity index (χ2v) is 9.28. The fraction of sp³-hybridized carbons (Fsp3) is 0.160. The highest BCUT2D eigenvalue weighted by molar-refractivity contribution is 7.89. The maximum Gasteiger partial charge on any atom is 0.267 e. The van der Waals surface area contributed by atoms with Crippen LogP contribution in [-0.2, 0) is 14.8 Å². The van der Waals surface area contributed by atoms with Gasteiger partial charge in [0.1, 0.15) is 5.75 Å². The number of carbonyl (C=O) groups is 1. The van der Waals surface area contributed by atoms with E-state index in [0.717, 1.165) is 21.0 Å². The van der Waals surface area contributed by atoms with E-state index in [9.17, 15) is 13.2 Å².